The summed E-state index contributed by atoms with van der Waals surface area (Å²) in [7, 11) is 0. The lowest BCUT2D eigenvalue weighted by molar-refractivity contribution is -0.154. The van der Waals surface area contributed by atoms with Gasteiger partial charge in [-0.2, -0.15) is 0 Å². The zero-order valence-electron chi connectivity index (χ0n) is 16.9. The Bertz CT molecular complexity index is 528. The highest BCUT2D eigenvalue weighted by Crippen LogP contribution is 2.67. The summed E-state index contributed by atoms with van der Waals surface area (Å²) in [6.07, 6.45) is 14.4. The smallest absolute Gasteiger partial charge is 0.302 e. The molecular formula is C23H38O2. The molecule has 4 rings (SSSR count). The Morgan fingerprint density at radius 1 is 0.920 bits per heavy atom. The van der Waals surface area contributed by atoms with Crippen LogP contribution in [-0.2, 0) is 9.53 Å². The maximum absolute atomic E-state index is 11.5. The molecule has 0 amide bonds. The Labute approximate surface area is 154 Å². The van der Waals surface area contributed by atoms with E-state index < -0.39 is 0 Å². The van der Waals surface area contributed by atoms with Crippen molar-refractivity contribution in [1.29, 1.82) is 0 Å². The molecule has 0 aliphatic heterocycles. The molecule has 0 aromatic carbocycles. The van der Waals surface area contributed by atoms with Gasteiger partial charge in [-0.25, -0.2) is 0 Å². The Hall–Kier alpha value is -0.530. The van der Waals surface area contributed by atoms with Gasteiger partial charge in [0.15, 0.2) is 0 Å². The van der Waals surface area contributed by atoms with Crippen LogP contribution < -0.4 is 0 Å². The zero-order valence-corrected chi connectivity index (χ0v) is 16.9. The number of carbonyl (C=O) groups is 1. The summed E-state index contributed by atoms with van der Waals surface area (Å²) in [5.74, 6) is 4.24. The maximum Gasteiger partial charge on any atom is 0.302 e. The number of hydrogen-bond donors (Lipinski definition) is 0. The molecule has 25 heavy (non-hydrogen) atoms. The van der Waals surface area contributed by atoms with Gasteiger partial charge in [0.25, 0.3) is 0 Å². The first-order chi connectivity index (χ1) is 11.9. The number of esters is 1. The van der Waals surface area contributed by atoms with Gasteiger partial charge in [0.1, 0.15) is 6.10 Å². The quantitative estimate of drug-likeness (QED) is 0.574. The minimum absolute atomic E-state index is 0.0886. The normalized spacial score (nSPS) is 50.3. The average molecular weight is 347 g/mol. The summed E-state index contributed by atoms with van der Waals surface area (Å²) >= 11 is 0. The van der Waals surface area contributed by atoms with Gasteiger partial charge in [0.05, 0.1) is 0 Å². The van der Waals surface area contributed by atoms with Crippen molar-refractivity contribution in [3.63, 3.8) is 0 Å². The van der Waals surface area contributed by atoms with Crippen molar-refractivity contribution in [2.75, 3.05) is 0 Å². The van der Waals surface area contributed by atoms with Crippen LogP contribution in [0.4, 0.5) is 0 Å². The molecule has 2 heteroatoms. The highest BCUT2D eigenvalue weighted by Gasteiger charge is 2.60. The second-order valence-corrected chi connectivity index (χ2v) is 10.4. The van der Waals surface area contributed by atoms with Gasteiger partial charge in [-0.3, -0.25) is 4.79 Å². The zero-order chi connectivity index (χ0) is 17.8. The van der Waals surface area contributed by atoms with Gasteiger partial charge in [-0.1, -0.05) is 26.7 Å². The summed E-state index contributed by atoms with van der Waals surface area (Å²) in [4.78, 5) is 11.5. The van der Waals surface area contributed by atoms with Gasteiger partial charge in [0, 0.05) is 12.8 Å². The standard InChI is InChI=1S/C23H38O2/c1-15(25-16(2)24)19-10-11-20-18-9-8-17-7-5-6-13-22(17,3)21(18)12-14-23(19,20)4/h15,17-21H,5-14H2,1-4H3/t15-,17?,18?,19+,20?,21?,22-,23+/m0/s1. The van der Waals surface area contributed by atoms with Crippen molar-refractivity contribution in [2.45, 2.75) is 98.0 Å². The van der Waals surface area contributed by atoms with Crippen molar-refractivity contribution in [1.82, 2.24) is 0 Å². The topological polar surface area (TPSA) is 26.3 Å². The summed E-state index contributed by atoms with van der Waals surface area (Å²) in [6, 6.07) is 0. The molecule has 0 aromatic rings. The largest absolute Gasteiger partial charge is 0.463 e. The third-order valence-electron chi connectivity index (χ3n) is 9.58. The van der Waals surface area contributed by atoms with E-state index >= 15 is 0 Å². The second kappa shape index (κ2) is 6.27. The van der Waals surface area contributed by atoms with Crippen LogP contribution in [0.3, 0.4) is 0 Å². The third-order valence-corrected chi connectivity index (χ3v) is 9.58. The van der Waals surface area contributed by atoms with Crippen molar-refractivity contribution in [3.8, 4) is 0 Å². The van der Waals surface area contributed by atoms with E-state index in [0.29, 0.717) is 16.7 Å². The van der Waals surface area contributed by atoms with E-state index in [2.05, 4.69) is 20.8 Å². The summed E-state index contributed by atoms with van der Waals surface area (Å²) in [5.41, 5.74) is 1.02. The molecule has 2 nitrogen and oxygen atoms in total. The first-order valence-corrected chi connectivity index (χ1v) is 11.0. The van der Waals surface area contributed by atoms with Crippen molar-refractivity contribution < 1.29 is 9.53 Å². The fraction of sp³-hybridized carbons (Fsp3) is 0.957. The van der Waals surface area contributed by atoms with E-state index in [4.69, 9.17) is 4.74 Å². The Balaban J connectivity index is 1.56. The minimum atomic E-state index is -0.108. The predicted molar refractivity (Wildman–Crippen MR) is 101 cm³/mol. The van der Waals surface area contributed by atoms with Crippen molar-refractivity contribution >= 4 is 5.97 Å². The summed E-state index contributed by atoms with van der Waals surface area (Å²) < 4.78 is 5.65. The van der Waals surface area contributed by atoms with E-state index in [-0.39, 0.29) is 12.1 Å². The van der Waals surface area contributed by atoms with Gasteiger partial charge in [0.2, 0.25) is 0 Å². The van der Waals surface area contributed by atoms with Crippen LogP contribution in [-0.4, -0.2) is 12.1 Å². The molecule has 8 atom stereocenters. The summed E-state index contributed by atoms with van der Waals surface area (Å²) in [6.45, 7) is 8.91. The Morgan fingerprint density at radius 3 is 2.44 bits per heavy atom. The first kappa shape index (κ1) is 17.9. The first-order valence-electron chi connectivity index (χ1n) is 11.0. The molecule has 0 N–H and O–H groups in total. The highest BCUT2D eigenvalue weighted by atomic mass is 16.5. The number of carbonyl (C=O) groups excluding carboxylic acids is 1. The molecule has 0 spiro atoms. The van der Waals surface area contributed by atoms with Crippen LogP contribution in [0.15, 0.2) is 0 Å². The molecule has 4 fully saturated rings. The molecular weight excluding hydrogens is 308 g/mol. The fourth-order valence-corrected chi connectivity index (χ4v) is 8.45. The molecule has 4 aliphatic carbocycles. The number of hydrogen-bond acceptors (Lipinski definition) is 2. The van der Waals surface area contributed by atoms with E-state index in [9.17, 15) is 4.79 Å². The molecule has 4 aliphatic rings. The lowest BCUT2D eigenvalue weighted by Gasteiger charge is -2.60. The van der Waals surface area contributed by atoms with Gasteiger partial charge in [-0.05, 0) is 92.8 Å². The number of fused-ring (bicyclic) bond motifs is 5. The second-order valence-electron chi connectivity index (χ2n) is 10.4. The molecule has 0 bridgehead atoms. The molecule has 4 saturated carbocycles. The highest BCUT2D eigenvalue weighted by molar-refractivity contribution is 5.66. The lowest BCUT2D eigenvalue weighted by Crippen LogP contribution is -2.53. The number of ether oxygens (including phenoxy) is 1. The fourth-order valence-electron chi connectivity index (χ4n) is 8.45. The van der Waals surface area contributed by atoms with Crippen LogP contribution >= 0.6 is 0 Å². The monoisotopic (exact) mass is 346 g/mol. The van der Waals surface area contributed by atoms with Crippen LogP contribution in [0.2, 0.25) is 0 Å². The molecule has 142 valence electrons. The molecule has 0 aromatic heterocycles. The molecule has 0 heterocycles. The molecule has 0 saturated heterocycles. The third kappa shape index (κ3) is 2.69. The van der Waals surface area contributed by atoms with Gasteiger partial charge < -0.3 is 4.74 Å². The van der Waals surface area contributed by atoms with Crippen LogP contribution in [0.25, 0.3) is 0 Å². The van der Waals surface area contributed by atoms with E-state index in [1.165, 1.54) is 64.2 Å². The van der Waals surface area contributed by atoms with Crippen LogP contribution in [0.1, 0.15) is 91.9 Å². The maximum atomic E-state index is 11.5. The minimum Gasteiger partial charge on any atom is -0.463 e. The van der Waals surface area contributed by atoms with Crippen molar-refractivity contribution in [3.05, 3.63) is 0 Å². The average Bonchev–Trinajstić information content (AvgIpc) is 2.91. The van der Waals surface area contributed by atoms with Gasteiger partial charge in [-0.15, -0.1) is 0 Å². The van der Waals surface area contributed by atoms with Crippen LogP contribution in [0.5, 0.6) is 0 Å². The number of rotatable bonds is 2. The van der Waals surface area contributed by atoms with Crippen LogP contribution in [0, 0.1) is 40.4 Å². The summed E-state index contributed by atoms with van der Waals surface area (Å²) in [5, 5.41) is 0. The molecule has 4 unspecified atom stereocenters. The Morgan fingerprint density at radius 2 is 1.68 bits per heavy atom. The predicted octanol–water partition coefficient (Wildman–Crippen LogP) is 5.99. The van der Waals surface area contributed by atoms with Gasteiger partial charge >= 0.3 is 5.97 Å². The van der Waals surface area contributed by atoms with Crippen molar-refractivity contribution in [2.24, 2.45) is 40.4 Å². The molecule has 0 radical (unpaired) electrons. The van der Waals surface area contributed by atoms with E-state index in [1.807, 2.05) is 0 Å². The lowest BCUT2D eigenvalue weighted by atomic mass is 9.45. The Kier molecular flexibility index (Phi) is 4.48. The SMILES string of the molecule is CC(=O)O[C@@H](C)[C@H]1CCC2C3CCC4CCCC[C@]4(C)C3CC[C@@]21C. The van der Waals surface area contributed by atoms with E-state index in [0.717, 1.165) is 23.7 Å². The van der Waals surface area contributed by atoms with E-state index in [1.54, 1.807) is 6.92 Å².